The lowest BCUT2D eigenvalue weighted by atomic mass is 9.76. The zero-order valence-electron chi connectivity index (χ0n) is 21.9. The molecule has 8 rings (SSSR count). The largest absolute Gasteiger partial charge is 0.362 e. The second kappa shape index (κ2) is 6.75. The number of ether oxygens (including phenoxy) is 1. The highest BCUT2D eigenvalue weighted by Gasteiger charge is 2.75. The van der Waals surface area contributed by atoms with Crippen LogP contribution in [-0.2, 0) is 10.2 Å². The Bertz CT molecular complexity index is 1760. The molecule has 5 unspecified atom stereocenters. The SMILES string of the molecule is COC1(O)C2c3c(cc(C)c4c(C)cccc34)C3=[N+](C=NC4C3c3ccc5ccccc5c3C4(C)C)C21. The molecule has 1 fully saturated rings. The second-order valence-corrected chi connectivity index (χ2v) is 12.0. The fourth-order valence-electron chi connectivity index (χ4n) is 8.25. The van der Waals surface area contributed by atoms with Crippen LogP contribution < -0.4 is 0 Å². The van der Waals surface area contributed by atoms with Gasteiger partial charge < -0.3 is 9.84 Å². The van der Waals surface area contributed by atoms with Crippen LogP contribution in [0.1, 0.15) is 59.1 Å². The topological polar surface area (TPSA) is 44.8 Å². The summed E-state index contributed by atoms with van der Waals surface area (Å²) >= 11 is 0. The van der Waals surface area contributed by atoms with Gasteiger partial charge in [-0.1, -0.05) is 73.4 Å². The van der Waals surface area contributed by atoms with Crippen LogP contribution in [0.4, 0.5) is 0 Å². The van der Waals surface area contributed by atoms with E-state index in [1.807, 2.05) is 6.34 Å². The van der Waals surface area contributed by atoms with Crippen molar-refractivity contribution >= 4 is 33.6 Å². The first-order valence-corrected chi connectivity index (χ1v) is 13.3. The van der Waals surface area contributed by atoms with Crippen molar-refractivity contribution < 1.29 is 14.4 Å². The van der Waals surface area contributed by atoms with E-state index in [-0.39, 0.29) is 29.3 Å². The maximum Gasteiger partial charge on any atom is 0.281 e. The molecule has 2 aliphatic heterocycles. The van der Waals surface area contributed by atoms with Crippen molar-refractivity contribution in [2.24, 2.45) is 4.99 Å². The molecule has 4 aromatic rings. The Labute approximate surface area is 216 Å². The van der Waals surface area contributed by atoms with Crippen molar-refractivity contribution in [3.8, 4) is 0 Å². The number of hydrogen-bond acceptors (Lipinski definition) is 3. The molecule has 0 bridgehead atoms. The fourth-order valence-corrected chi connectivity index (χ4v) is 8.25. The summed E-state index contributed by atoms with van der Waals surface area (Å²) < 4.78 is 8.08. The predicted octanol–water partition coefficient (Wildman–Crippen LogP) is 5.71. The lowest BCUT2D eigenvalue weighted by Crippen LogP contribution is -2.44. The molecule has 1 N–H and O–H groups in total. The smallest absolute Gasteiger partial charge is 0.281 e. The maximum atomic E-state index is 11.7. The minimum atomic E-state index is -1.23. The van der Waals surface area contributed by atoms with Crippen LogP contribution in [0, 0.1) is 13.8 Å². The maximum absolute atomic E-state index is 11.7. The molecule has 4 aliphatic rings. The van der Waals surface area contributed by atoms with E-state index in [9.17, 15) is 5.11 Å². The molecule has 5 atom stereocenters. The van der Waals surface area contributed by atoms with Crippen molar-refractivity contribution in [1.82, 2.24) is 0 Å². The van der Waals surface area contributed by atoms with Gasteiger partial charge in [-0.25, -0.2) is 4.58 Å². The van der Waals surface area contributed by atoms with Gasteiger partial charge in [0.15, 0.2) is 12.1 Å². The number of methoxy groups -OCH3 is 1. The molecule has 0 spiro atoms. The molecule has 4 aromatic carbocycles. The Balaban J connectivity index is 1.48. The van der Waals surface area contributed by atoms with Gasteiger partial charge in [0.2, 0.25) is 5.79 Å². The number of fused-ring (bicyclic) bond motifs is 13. The van der Waals surface area contributed by atoms with E-state index in [0.29, 0.717) is 0 Å². The Morgan fingerprint density at radius 2 is 1.73 bits per heavy atom. The number of aliphatic hydroxyl groups is 1. The summed E-state index contributed by atoms with van der Waals surface area (Å²) in [4.78, 5) is 5.21. The zero-order chi connectivity index (χ0) is 25.4. The van der Waals surface area contributed by atoms with E-state index in [0.717, 1.165) is 0 Å². The molecule has 4 nitrogen and oxygen atoms in total. The van der Waals surface area contributed by atoms with Crippen molar-refractivity contribution in [3.05, 3.63) is 94.0 Å². The van der Waals surface area contributed by atoms with Gasteiger partial charge >= 0.3 is 0 Å². The van der Waals surface area contributed by atoms with Gasteiger partial charge in [-0.3, -0.25) is 0 Å². The van der Waals surface area contributed by atoms with Gasteiger partial charge in [-0.15, -0.1) is 0 Å². The predicted molar refractivity (Wildman–Crippen MR) is 148 cm³/mol. The van der Waals surface area contributed by atoms with E-state index in [4.69, 9.17) is 9.73 Å². The molecule has 2 aliphatic carbocycles. The number of aliphatic imine (C=N–C) groups is 1. The normalized spacial score (nSPS) is 30.1. The Kier molecular flexibility index (Phi) is 3.96. The van der Waals surface area contributed by atoms with Gasteiger partial charge in [-0.2, -0.15) is 0 Å². The first-order valence-electron chi connectivity index (χ1n) is 13.3. The summed E-state index contributed by atoms with van der Waals surface area (Å²) in [7, 11) is 1.63. The third-order valence-corrected chi connectivity index (χ3v) is 9.82. The van der Waals surface area contributed by atoms with Crippen LogP contribution in [-0.4, -0.2) is 46.7 Å². The van der Waals surface area contributed by atoms with E-state index in [2.05, 4.69) is 92.9 Å². The first kappa shape index (κ1) is 21.7. The molecule has 1 saturated carbocycles. The van der Waals surface area contributed by atoms with Crippen molar-refractivity contribution in [2.75, 3.05) is 7.11 Å². The summed E-state index contributed by atoms with van der Waals surface area (Å²) in [6, 6.07) is 22.1. The lowest BCUT2D eigenvalue weighted by Gasteiger charge is -2.30. The number of aryl methyl sites for hydroxylation is 2. The number of benzene rings is 4. The Morgan fingerprint density at radius 3 is 2.54 bits per heavy atom. The highest BCUT2D eigenvalue weighted by Crippen LogP contribution is 2.62. The lowest BCUT2D eigenvalue weighted by molar-refractivity contribution is -0.443. The van der Waals surface area contributed by atoms with E-state index < -0.39 is 5.79 Å². The Morgan fingerprint density at radius 1 is 0.946 bits per heavy atom. The minimum absolute atomic E-state index is 0.0897. The standard InChI is InChI=1S/C33H31N2O2/c1-17-9-8-12-21-24(17)18(2)15-23-25(21)28-31(33(28,36)37-5)35-16-34-30-26(29(23)35)22-14-13-19-10-6-7-11-20(19)27(22)32(30,3)4/h6-16,26,28,30-31,36H,1-5H3/q+1. The summed E-state index contributed by atoms with van der Waals surface area (Å²) in [5.74, 6) is -1.24. The van der Waals surface area contributed by atoms with Crippen molar-refractivity contribution in [3.63, 3.8) is 0 Å². The summed E-state index contributed by atoms with van der Waals surface area (Å²) in [6.07, 6.45) is 2.00. The molecule has 0 amide bonds. The molecular weight excluding hydrogens is 456 g/mol. The molecule has 37 heavy (non-hydrogen) atoms. The summed E-state index contributed by atoms with van der Waals surface area (Å²) in [5.41, 5.74) is 8.91. The van der Waals surface area contributed by atoms with Gasteiger partial charge in [0.1, 0.15) is 5.71 Å². The van der Waals surface area contributed by atoms with Crippen molar-refractivity contribution in [2.45, 2.75) is 62.8 Å². The summed E-state index contributed by atoms with van der Waals surface area (Å²) in [5, 5.41) is 16.8. The van der Waals surface area contributed by atoms with Crippen LogP contribution in [0.25, 0.3) is 21.5 Å². The molecule has 0 aromatic heterocycles. The average molecular weight is 488 g/mol. The Hall–Kier alpha value is -3.34. The van der Waals surface area contributed by atoms with Gasteiger partial charge in [0.05, 0.1) is 11.8 Å². The number of rotatable bonds is 1. The average Bonchev–Trinajstić information content (AvgIpc) is 3.44. The molecule has 0 radical (unpaired) electrons. The van der Waals surface area contributed by atoms with Crippen LogP contribution in [0.5, 0.6) is 0 Å². The van der Waals surface area contributed by atoms with Gasteiger partial charge in [0.25, 0.3) is 6.34 Å². The van der Waals surface area contributed by atoms with Crippen LogP contribution >= 0.6 is 0 Å². The van der Waals surface area contributed by atoms with Gasteiger partial charge in [-0.05, 0) is 69.3 Å². The second-order valence-electron chi connectivity index (χ2n) is 12.0. The zero-order valence-corrected chi connectivity index (χ0v) is 21.9. The van der Waals surface area contributed by atoms with Crippen LogP contribution in [0.2, 0.25) is 0 Å². The van der Waals surface area contributed by atoms with Crippen LogP contribution in [0.15, 0.2) is 65.7 Å². The quantitative estimate of drug-likeness (QED) is 0.276. The third-order valence-electron chi connectivity index (χ3n) is 9.82. The molecule has 184 valence electrons. The van der Waals surface area contributed by atoms with E-state index in [1.165, 1.54) is 60.6 Å². The number of nitrogens with zero attached hydrogens (tertiary/aromatic N) is 2. The van der Waals surface area contributed by atoms with Gasteiger partial charge in [0, 0.05) is 18.1 Å². The van der Waals surface area contributed by atoms with Crippen molar-refractivity contribution in [1.29, 1.82) is 0 Å². The summed E-state index contributed by atoms with van der Waals surface area (Å²) in [6.45, 7) is 9.10. The molecular formula is C33H31N2O2+. The third kappa shape index (κ3) is 2.42. The molecule has 0 saturated heterocycles. The molecule has 4 heteroatoms. The monoisotopic (exact) mass is 487 g/mol. The first-order chi connectivity index (χ1) is 17.8. The highest BCUT2D eigenvalue weighted by molar-refractivity contribution is 6.12. The van der Waals surface area contributed by atoms with Crippen LogP contribution in [0.3, 0.4) is 0 Å². The van der Waals surface area contributed by atoms with E-state index in [1.54, 1.807) is 7.11 Å². The molecule has 2 heterocycles. The van der Waals surface area contributed by atoms with E-state index >= 15 is 0 Å². The highest BCUT2D eigenvalue weighted by atomic mass is 16.6. The minimum Gasteiger partial charge on any atom is -0.362 e. The fraction of sp³-hybridized carbons (Fsp3) is 0.333. The number of hydrogen-bond donors (Lipinski definition) is 1.